The van der Waals surface area contributed by atoms with Crippen molar-refractivity contribution in [1.29, 1.82) is 0 Å². The zero-order valence-electron chi connectivity index (χ0n) is 22.8. The lowest BCUT2D eigenvalue weighted by Gasteiger charge is -2.19. The highest BCUT2D eigenvalue weighted by molar-refractivity contribution is 7.17. The van der Waals surface area contributed by atoms with Gasteiger partial charge in [0, 0.05) is 19.5 Å². The zero-order chi connectivity index (χ0) is 27.8. The lowest BCUT2D eigenvalue weighted by Crippen LogP contribution is -2.03. The summed E-state index contributed by atoms with van der Waals surface area (Å²) in [7, 11) is 3.41. The standard InChI is InChI=1S/C37H27O2S2/c1-38-28-15-11-24(12-16-28)32-19-21-34(40-32)37(35-22-20-33(41-35)25-13-17-29(39-2)18-14-25)36-30-9-5-3-7-26(30)23-27-8-4-6-10-31(27)36/h3-23H,1-2H3. The van der Waals surface area contributed by atoms with Crippen LogP contribution in [0, 0.1) is 5.92 Å². The molecule has 7 rings (SSSR count). The predicted molar refractivity (Wildman–Crippen MR) is 175 cm³/mol. The summed E-state index contributed by atoms with van der Waals surface area (Å²) in [4.78, 5) is 4.97. The molecule has 5 aromatic carbocycles. The highest BCUT2D eigenvalue weighted by Gasteiger charge is 2.26. The van der Waals surface area contributed by atoms with E-state index < -0.39 is 0 Å². The van der Waals surface area contributed by atoms with Gasteiger partial charge in [-0.05, 0) is 117 Å². The van der Waals surface area contributed by atoms with Gasteiger partial charge in [0.25, 0.3) is 0 Å². The molecule has 41 heavy (non-hydrogen) atoms. The van der Waals surface area contributed by atoms with Crippen molar-refractivity contribution in [3.8, 4) is 32.4 Å². The molecular formula is C37H27O2S2. The number of rotatable bonds is 7. The maximum absolute atomic E-state index is 5.39. The van der Waals surface area contributed by atoms with Gasteiger partial charge in [0.2, 0.25) is 0 Å². The topological polar surface area (TPSA) is 18.5 Å². The Balaban J connectivity index is 1.43. The molecule has 199 valence electrons. The molecule has 0 fully saturated rings. The summed E-state index contributed by atoms with van der Waals surface area (Å²) >= 11 is 3.67. The van der Waals surface area contributed by atoms with Crippen molar-refractivity contribution in [1.82, 2.24) is 0 Å². The molecule has 0 spiro atoms. The van der Waals surface area contributed by atoms with E-state index in [1.807, 2.05) is 46.9 Å². The number of ether oxygens (including phenoxy) is 2. The molecule has 7 aromatic rings. The Morgan fingerprint density at radius 1 is 0.488 bits per heavy atom. The highest BCUT2D eigenvalue weighted by Crippen LogP contribution is 2.46. The van der Waals surface area contributed by atoms with Crippen molar-refractivity contribution >= 4 is 44.2 Å². The first-order chi connectivity index (χ1) is 20.2. The highest BCUT2D eigenvalue weighted by atomic mass is 32.1. The molecule has 1 radical (unpaired) electrons. The van der Waals surface area contributed by atoms with Gasteiger partial charge in [0.15, 0.2) is 0 Å². The minimum Gasteiger partial charge on any atom is -0.497 e. The van der Waals surface area contributed by atoms with Crippen molar-refractivity contribution in [2.24, 2.45) is 0 Å². The van der Waals surface area contributed by atoms with E-state index in [9.17, 15) is 0 Å². The Kier molecular flexibility index (Phi) is 6.79. The second-order valence-corrected chi connectivity index (χ2v) is 12.0. The molecule has 0 aliphatic heterocycles. The van der Waals surface area contributed by atoms with Gasteiger partial charge in [-0.15, -0.1) is 22.7 Å². The van der Waals surface area contributed by atoms with E-state index in [1.54, 1.807) is 14.2 Å². The Labute approximate surface area is 248 Å². The molecule has 0 N–H and O–H groups in total. The molecule has 0 amide bonds. The fourth-order valence-corrected chi connectivity index (χ4v) is 7.64. The molecule has 0 aliphatic rings. The van der Waals surface area contributed by atoms with Crippen molar-refractivity contribution in [3.63, 3.8) is 0 Å². The monoisotopic (exact) mass is 567 g/mol. The number of thiophene rings is 2. The molecule has 0 bridgehead atoms. The minimum atomic E-state index is 0.865. The number of fused-ring (bicyclic) bond motifs is 2. The normalized spacial score (nSPS) is 11.4. The van der Waals surface area contributed by atoms with Gasteiger partial charge in [0.1, 0.15) is 11.5 Å². The molecule has 0 aliphatic carbocycles. The second kappa shape index (κ2) is 10.9. The molecule has 2 aromatic heterocycles. The van der Waals surface area contributed by atoms with E-state index in [0.717, 1.165) is 11.5 Å². The molecular weight excluding hydrogens is 541 g/mol. The van der Waals surface area contributed by atoms with Crippen LogP contribution in [0.15, 0.2) is 127 Å². The molecule has 2 heterocycles. The molecule has 0 atom stereocenters. The summed E-state index contributed by atoms with van der Waals surface area (Å²) < 4.78 is 10.8. The van der Waals surface area contributed by atoms with E-state index in [-0.39, 0.29) is 0 Å². The van der Waals surface area contributed by atoms with Gasteiger partial charge in [-0.2, -0.15) is 0 Å². The first-order valence-corrected chi connectivity index (χ1v) is 15.1. The maximum atomic E-state index is 5.39. The van der Waals surface area contributed by atoms with Gasteiger partial charge in [-0.1, -0.05) is 48.5 Å². The Morgan fingerprint density at radius 2 is 0.927 bits per heavy atom. The van der Waals surface area contributed by atoms with E-state index in [4.69, 9.17) is 9.47 Å². The lowest BCUT2D eigenvalue weighted by molar-refractivity contribution is 0.415. The maximum Gasteiger partial charge on any atom is 0.118 e. The lowest BCUT2D eigenvalue weighted by atomic mass is 9.86. The largest absolute Gasteiger partial charge is 0.497 e. The van der Waals surface area contributed by atoms with Crippen LogP contribution in [0.4, 0.5) is 0 Å². The van der Waals surface area contributed by atoms with Gasteiger partial charge in [-0.25, -0.2) is 0 Å². The summed E-state index contributed by atoms with van der Waals surface area (Å²) in [5.74, 6) is 3.00. The van der Waals surface area contributed by atoms with Crippen molar-refractivity contribution in [2.45, 2.75) is 0 Å². The van der Waals surface area contributed by atoms with E-state index >= 15 is 0 Å². The van der Waals surface area contributed by atoms with Gasteiger partial charge < -0.3 is 9.47 Å². The van der Waals surface area contributed by atoms with E-state index in [1.165, 1.54) is 63.7 Å². The van der Waals surface area contributed by atoms with Crippen LogP contribution >= 0.6 is 22.7 Å². The third-order valence-corrected chi connectivity index (χ3v) is 9.78. The Morgan fingerprint density at radius 3 is 1.37 bits per heavy atom. The summed E-state index contributed by atoms with van der Waals surface area (Å²) in [6.07, 6.45) is 0. The number of methoxy groups -OCH3 is 2. The Bertz CT molecular complexity index is 1820. The van der Waals surface area contributed by atoms with Crippen LogP contribution in [-0.2, 0) is 0 Å². The van der Waals surface area contributed by atoms with Crippen LogP contribution in [0.2, 0.25) is 0 Å². The molecule has 2 nitrogen and oxygen atoms in total. The minimum absolute atomic E-state index is 0.865. The zero-order valence-corrected chi connectivity index (χ0v) is 24.4. The fraction of sp³-hybridized carbons (Fsp3) is 0.0541. The predicted octanol–water partition coefficient (Wildman–Crippen LogP) is 10.5. The van der Waals surface area contributed by atoms with E-state index in [2.05, 4.69) is 103 Å². The van der Waals surface area contributed by atoms with Crippen LogP contribution in [0.25, 0.3) is 42.4 Å². The number of benzene rings is 5. The second-order valence-electron chi connectivity index (χ2n) is 9.85. The average Bonchev–Trinajstić information content (AvgIpc) is 3.72. The first-order valence-electron chi connectivity index (χ1n) is 13.5. The molecule has 0 saturated heterocycles. The molecule has 0 saturated carbocycles. The summed E-state index contributed by atoms with van der Waals surface area (Å²) in [5.41, 5.74) is 3.66. The van der Waals surface area contributed by atoms with Crippen LogP contribution in [0.5, 0.6) is 11.5 Å². The summed E-state index contributed by atoms with van der Waals surface area (Å²) in [6, 6.07) is 45.5. The van der Waals surface area contributed by atoms with Crippen LogP contribution < -0.4 is 9.47 Å². The van der Waals surface area contributed by atoms with Crippen LogP contribution in [0.3, 0.4) is 0 Å². The number of hydrogen-bond donors (Lipinski definition) is 0. The van der Waals surface area contributed by atoms with Gasteiger partial charge in [0.05, 0.1) is 20.1 Å². The van der Waals surface area contributed by atoms with Crippen molar-refractivity contribution in [3.05, 3.63) is 149 Å². The number of hydrogen-bond acceptors (Lipinski definition) is 4. The summed E-state index contributed by atoms with van der Waals surface area (Å²) in [6.45, 7) is 0. The van der Waals surface area contributed by atoms with E-state index in [0.29, 0.717) is 0 Å². The van der Waals surface area contributed by atoms with Gasteiger partial charge in [-0.3, -0.25) is 0 Å². The first kappa shape index (κ1) is 25.6. The van der Waals surface area contributed by atoms with Crippen molar-refractivity contribution in [2.75, 3.05) is 14.2 Å². The van der Waals surface area contributed by atoms with Crippen LogP contribution in [0.1, 0.15) is 15.3 Å². The molecule has 0 unspecified atom stereocenters. The SMILES string of the molecule is COc1ccc(-c2ccc([C](c3ccc(-c4ccc(OC)cc4)s3)c3c4ccccc4cc4ccccc34)s2)cc1. The fourth-order valence-electron chi connectivity index (χ4n) is 5.42. The average molecular weight is 568 g/mol. The third-order valence-electron chi connectivity index (χ3n) is 7.48. The molecule has 4 heteroatoms. The van der Waals surface area contributed by atoms with Gasteiger partial charge >= 0.3 is 0 Å². The smallest absolute Gasteiger partial charge is 0.118 e. The summed E-state index contributed by atoms with van der Waals surface area (Å²) in [5, 5.41) is 5.02. The third kappa shape index (κ3) is 4.80. The quantitative estimate of drug-likeness (QED) is 0.178. The van der Waals surface area contributed by atoms with Crippen LogP contribution in [-0.4, -0.2) is 14.2 Å². The Hall–Kier alpha value is -4.38. The van der Waals surface area contributed by atoms with Crippen molar-refractivity contribution < 1.29 is 9.47 Å².